The minimum atomic E-state index is -4.47. The van der Waals surface area contributed by atoms with Crippen molar-refractivity contribution >= 4 is 16.9 Å². The van der Waals surface area contributed by atoms with Crippen LogP contribution in [-0.2, 0) is 6.18 Å². The Morgan fingerprint density at radius 2 is 1.94 bits per heavy atom. The molecule has 6 heteroatoms. The first kappa shape index (κ1) is 12.3. The van der Waals surface area contributed by atoms with Crippen molar-refractivity contribution in [2.45, 2.75) is 13.1 Å². The van der Waals surface area contributed by atoms with Crippen molar-refractivity contribution in [3.63, 3.8) is 0 Å². The van der Waals surface area contributed by atoms with Gasteiger partial charge in [-0.15, -0.1) is 0 Å². The Balaban J connectivity index is 2.76. The van der Waals surface area contributed by atoms with Gasteiger partial charge in [0, 0.05) is 11.1 Å². The number of alkyl halides is 3. The Bertz CT molecular complexity index is 635. The molecule has 1 N–H and O–H groups in total. The topological polar surface area (TPSA) is 50.2 Å². The Hall–Kier alpha value is -2.11. The molecular formula is C12H8F3NO2. The number of carbonyl (C=O) groups is 1. The lowest BCUT2D eigenvalue weighted by Crippen LogP contribution is -2.06. The minimum absolute atomic E-state index is 0.0298. The van der Waals surface area contributed by atoms with E-state index in [1.54, 1.807) is 0 Å². The number of pyridine rings is 1. The summed E-state index contributed by atoms with van der Waals surface area (Å²) in [6.45, 7) is 1.53. The molecule has 0 aliphatic rings. The SMILES string of the molecule is Cc1cc(C(=O)O)c2ccc(C(F)(F)F)cc2n1. The molecule has 3 nitrogen and oxygen atoms in total. The van der Waals surface area contributed by atoms with Gasteiger partial charge in [-0.25, -0.2) is 4.79 Å². The van der Waals surface area contributed by atoms with Crippen LogP contribution in [0.1, 0.15) is 21.6 Å². The molecule has 1 heterocycles. The van der Waals surface area contributed by atoms with Gasteiger partial charge in [0.15, 0.2) is 0 Å². The Kier molecular flexibility index (Phi) is 2.73. The van der Waals surface area contributed by atoms with Crippen molar-refractivity contribution in [2.75, 3.05) is 0 Å². The van der Waals surface area contributed by atoms with Gasteiger partial charge < -0.3 is 5.11 Å². The molecule has 0 amide bonds. The van der Waals surface area contributed by atoms with Crippen LogP contribution in [0.2, 0.25) is 0 Å². The van der Waals surface area contributed by atoms with Crippen LogP contribution in [0, 0.1) is 6.92 Å². The molecule has 0 atom stereocenters. The van der Waals surface area contributed by atoms with Crippen molar-refractivity contribution < 1.29 is 23.1 Å². The number of aromatic carboxylic acids is 1. The number of rotatable bonds is 1. The highest BCUT2D eigenvalue weighted by Gasteiger charge is 2.30. The molecule has 0 saturated heterocycles. The largest absolute Gasteiger partial charge is 0.478 e. The molecule has 0 aliphatic heterocycles. The lowest BCUT2D eigenvalue weighted by Gasteiger charge is -2.09. The number of aryl methyl sites for hydroxylation is 1. The quantitative estimate of drug-likeness (QED) is 0.850. The fourth-order valence-corrected chi connectivity index (χ4v) is 1.71. The fourth-order valence-electron chi connectivity index (χ4n) is 1.71. The van der Waals surface area contributed by atoms with E-state index < -0.39 is 17.7 Å². The average Bonchev–Trinajstić information content (AvgIpc) is 2.25. The van der Waals surface area contributed by atoms with Crippen LogP contribution in [0.25, 0.3) is 10.9 Å². The lowest BCUT2D eigenvalue weighted by atomic mass is 10.1. The van der Waals surface area contributed by atoms with Gasteiger partial charge in [-0.2, -0.15) is 13.2 Å². The third kappa shape index (κ3) is 2.13. The summed E-state index contributed by atoms with van der Waals surface area (Å²) in [5.74, 6) is -1.19. The molecule has 18 heavy (non-hydrogen) atoms. The number of carboxylic acid groups (broad SMARTS) is 1. The Morgan fingerprint density at radius 1 is 1.28 bits per heavy atom. The molecule has 0 saturated carbocycles. The maximum Gasteiger partial charge on any atom is 0.416 e. The molecule has 2 rings (SSSR count). The van der Waals surface area contributed by atoms with E-state index in [1.807, 2.05) is 0 Å². The van der Waals surface area contributed by atoms with Crippen molar-refractivity contribution in [2.24, 2.45) is 0 Å². The van der Waals surface area contributed by atoms with Gasteiger partial charge in [0.05, 0.1) is 16.6 Å². The van der Waals surface area contributed by atoms with Crippen molar-refractivity contribution in [3.8, 4) is 0 Å². The highest BCUT2D eigenvalue weighted by molar-refractivity contribution is 6.02. The van der Waals surface area contributed by atoms with E-state index >= 15 is 0 Å². The molecule has 1 aromatic heterocycles. The van der Waals surface area contributed by atoms with Crippen molar-refractivity contribution in [3.05, 3.63) is 41.1 Å². The number of aromatic nitrogens is 1. The predicted molar refractivity (Wildman–Crippen MR) is 58.4 cm³/mol. The number of carboxylic acids is 1. The van der Waals surface area contributed by atoms with Gasteiger partial charge in [-0.05, 0) is 25.1 Å². The lowest BCUT2D eigenvalue weighted by molar-refractivity contribution is -0.137. The summed E-state index contributed by atoms with van der Waals surface area (Å²) in [6, 6.07) is 4.17. The molecule has 1 aromatic carbocycles. The first-order chi connectivity index (χ1) is 8.29. The highest BCUT2D eigenvalue weighted by Crippen LogP contribution is 2.31. The predicted octanol–water partition coefficient (Wildman–Crippen LogP) is 3.26. The zero-order chi connectivity index (χ0) is 13.5. The van der Waals surface area contributed by atoms with Crippen LogP contribution in [0.15, 0.2) is 24.3 Å². The van der Waals surface area contributed by atoms with E-state index in [4.69, 9.17) is 5.11 Å². The third-order valence-electron chi connectivity index (χ3n) is 2.50. The second-order valence-corrected chi connectivity index (χ2v) is 3.85. The zero-order valence-corrected chi connectivity index (χ0v) is 9.25. The van der Waals surface area contributed by atoms with Crippen LogP contribution in [0.3, 0.4) is 0 Å². The molecule has 0 bridgehead atoms. The Labute approximate surface area is 99.9 Å². The summed E-state index contributed by atoms with van der Waals surface area (Å²) in [4.78, 5) is 14.9. The van der Waals surface area contributed by atoms with Crippen LogP contribution in [0.4, 0.5) is 13.2 Å². The summed E-state index contributed by atoms with van der Waals surface area (Å²) in [6.07, 6.45) is -4.47. The van der Waals surface area contributed by atoms with Gasteiger partial charge in [0.1, 0.15) is 0 Å². The van der Waals surface area contributed by atoms with Crippen molar-refractivity contribution in [1.29, 1.82) is 0 Å². The summed E-state index contributed by atoms with van der Waals surface area (Å²) in [5, 5.41) is 9.18. The van der Waals surface area contributed by atoms with E-state index in [1.165, 1.54) is 13.0 Å². The minimum Gasteiger partial charge on any atom is -0.478 e. The smallest absolute Gasteiger partial charge is 0.416 e. The number of nitrogens with zero attached hydrogens (tertiary/aromatic N) is 1. The van der Waals surface area contributed by atoms with Gasteiger partial charge in [0.25, 0.3) is 0 Å². The first-order valence-electron chi connectivity index (χ1n) is 5.01. The van der Waals surface area contributed by atoms with E-state index in [9.17, 15) is 18.0 Å². The highest BCUT2D eigenvalue weighted by atomic mass is 19.4. The van der Waals surface area contributed by atoms with E-state index in [0.717, 1.165) is 18.2 Å². The molecule has 0 radical (unpaired) electrons. The second-order valence-electron chi connectivity index (χ2n) is 3.85. The molecule has 0 unspecified atom stereocenters. The van der Waals surface area contributed by atoms with Crippen molar-refractivity contribution in [1.82, 2.24) is 4.98 Å². The van der Waals surface area contributed by atoms with E-state index in [2.05, 4.69) is 4.98 Å². The van der Waals surface area contributed by atoms with Crippen LogP contribution < -0.4 is 0 Å². The molecule has 0 fully saturated rings. The fraction of sp³-hybridized carbons (Fsp3) is 0.167. The molecule has 94 valence electrons. The summed E-state index contributed by atoms with van der Waals surface area (Å²) in [5.41, 5.74) is -0.503. The maximum absolute atomic E-state index is 12.5. The van der Waals surface area contributed by atoms with Crippen LogP contribution in [0.5, 0.6) is 0 Å². The van der Waals surface area contributed by atoms with Gasteiger partial charge in [-0.1, -0.05) is 6.07 Å². The first-order valence-corrected chi connectivity index (χ1v) is 5.01. The third-order valence-corrected chi connectivity index (χ3v) is 2.50. The van der Waals surface area contributed by atoms with Crippen LogP contribution >= 0.6 is 0 Å². The van der Waals surface area contributed by atoms with E-state index in [-0.39, 0.29) is 16.5 Å². The monoisotopic (exact) mass is 255 g/mol. The molecular weight excluding hydrogens is 247 g/mol. The standard InChI is InChI=1S/C12H8F3NO2/c1-6-4-9(11(17)18)8-3-2-7(12(13,14)15)5-10(8)16-6/h2-5H,1H3,(H,17,18). The van der Waals surface area contributed by atoms with E-state index in [0.29, 0.717) is 5.69 Å². The molecule has 0 aliphatic carbocycles. The molecule has 2 aromatic rings. The number of hydrogen-bond donors (Lipinski definition) is 1. The van der Waals surface area contributed by atoms with Gasteiger partial charge >= 0.3 is 12.1 Å². The van der Waals surface area contributed by atoms with Gasteiger partial charge in [-0.3, -0.25) is 4.98 Å². The summed E-state index contributed by atoms with van der Waals surface area (Å²) < 4.78 is 37.6. The molecule has 0 spiro atoms. The maximum atomic E-state index is 12.5. The number of halogens is 3. The normalized spacial score (nSPS) is 11.8. The number of fused-ring (bicyclic) bond motifs is 1. The zero-order valence-electron chi connectivity index (χ0n) is 9.25. The number of hydrogen-bond acceptors (Lipinski definition) is 2. The van der Waals surface area contributed by atoms with Gasteiger partial charge in [0.2, 0.25) is 0 Å². The van der Waals surface area contributed by atoms with Crippen LogP contribution in [-0.4, -0.2) is 16.1 Å². The average molecular weight is 255 g/mol. The summed E-state index contributed by atoms with van der Waals surface area (Å²) in [7, 11) is 0. The Morgan fingerprint density at radius 3 is 2.50 bits per heavy atom. The number of benzene rings is 1. The summed E-state index contributed by atoms with van der Waals surface area (Å²) >= 11 is 0. The second kappa shape index (κ2) is 3.97.